The Kier molecular flexibility index (Phi) is 6.39. The van der Waals surface area contributed by atoms with Crippen molar-refractivity contribution in [1.29, 1.82) is 0 Å². The van der Waals surface area contributed by atoms with Gasteiger partial charge in [0.2, 0.25) is 11.8 Å². The predicted octanol–water partition coefficient (Wildman–Crippen LogP) is 3.33. The van der Waals surface area contributed by atoms with Crippen molar-refractivity contribution in [3.63, 3.8) is 0 Å². The first-order chi connectivity index (χ1) is 11.3. The van der Waals surface area contributed by atoms with Crippen LogP contribution in [0.2, 0.25) is 0 Å². The number of thiazole rings is 1. The van der Waals surface area contributed by atoms with Crippen molar-refractivity contribution < 1.29 is 9.59 Å². The first-order valence-corrected chi connectivity index (χ1v) is 9.42. The molecule has 5 nitrogen and oxygen atoms in total. The number of carbonyl (C=O) groups excluding carboxylic acids is 2. The van der Waals surface area contributed by atoms with Crippen LogP contribution in [0.4, 0.5) is 5.69 Å². The molecule has 0 aliphatic heterocycles. The number of hydrogen-bond acceptors (Lipinski definition) is 5. The molecule has 0 fully saturated rings. The summed E-state index contributed by atoms with van der Waals surface area (Å²) in [6.45, 7) is 6.08. The molecular weight excluding hydrogens is 342 g/mol. The molecular formula is C17H21N3O2S2. The quantitative estimate of drug-likeness (QED) is 0.739. The number of aryl methyl sites for hydroxylation is 1. The van der Waals surface area contributed by atoms with E-state index in [4.69, 9.17) is 5.73 Å². The minimum atomic E-state index is -0.374. The van der Waals surface area contributed by atoms with E-state index in [-0.39, 0.29) is 24.0 Å². The van der Waals surface area contributed by atoms with Crippen molar-refractivity contribution in [2.24, 2.45) is 5.73 Å². The lowest BCUT2D eigenvalue weighted by atomic mass is 10.0. The molecule has 24 heavy (non-hydrogen) atoms. The van der Waals surface area contributed by atoms with Crippen molar-refractivity contribution in [3.05, 3.63) is 40.4 Å². The van der Waals surface area contributed by atoms with E-state index in [9.17, 15) is 9.59 Å². The van der Waals surface area contributed by atoms with Crippen LogP contribution in [0.25, 0.3) is 0 Å². The topological polar surface area (TPSA) is 85.1 Å². The fourth-order valence-electron chi connectivity index (χ4n) is 2.09. The number of primary amides is 1. The van der Waals surface area contributed by atoms with E-state index in [1.807, 2.05) is 31.2 Å². The molecule has 0 radical (unpaired) electrons. The van der Waals surface area contributed by atoms with E-state index < -0.39 is 0 Å². The monoisotopic (exact) mass is 363 g/mol. The molecule has 0 unspecified atom stereocenters. The average Bonchev–Trinajstić information content (AvgIpc) is 2.85. The molecule has 0 bridgehead atoms. The number of hydrogen-bond donors (Lipinski definition) is 2. The Morgan fingerprint density at radius 3 is 2.79 bits per heavy atom. The number of nitrogens with two attached hydrogens (primary N) is 1. The van der Waals surface area contributed by atoms with Crippen LogP contribution < -0.4 is 11.1 Å². The molecule has 0 aliphatic carbocycles. The van der Waals surface area contributed by atoms with Gasteiger partial charge in [0.1, 0.15) is 0 Å². The molecule has 3 N–H and O–H groups in total. The van der Waals surface area contributed by atoms with Gasteiger partial charge >= 0.3 is 0 Å². The van der Waals surface area contributed by atoms with Crippen LogP contribution in [-0.2, 0) is 16.0 Å². The molecule has 1 aromatic heterocycles. The summed E-state index contributed by atoms with van der Waals surface area (Å²) < 4.78 is 0.773. The predicted molar refractivity (Wildman–Crippen MR) is 99.6 cm³/mol. The number of amides is 2. The number of rotatable bonds is 7. The normalized spacial score (nSPS) is 10.8. The maximum absolute atomic E-state index is 12.1. The summed E-state index contributed by atoms with van der Waals surface area (Å²) in [6, 6.07) is 7.87. The third kappa shape index (κ3) is 5.35. The van der Waals surface area contributed by atoms with Gasteiger partial charge in [0.25, 0.3) is 0 Å². The van der Waals surface area contributed by atoms with Gasteiger partial charge in [-0.2, -0.15) is 0 Å². The highest BCUT2D eigenvalue weighted by molar-refractivity contribution is 8.01. The Balaban J connectivity index is 1.91. The molecule has 0 saturated carbocycles. The highest BCUT2D eigenvalue weighted by Gasteiger charge is 2.12. The van der Waals surface area contributed by atoms with Gasteiger partial charge in [0.05, 0.1) is 17.9 Å². The van der Waals surface area contributed by atoms with Crippen molar-refractivity contribution in [1.82, 2.24) is 4.98 Å². The Morgan fingerprint density at radius 2 is 2.12 bits per heavy atom. The molecule has 2 amide bonds. The highest BCUT2D eigenvalue weighted by atomic mass is 32.2. The lowest BCUT2D eigenvalue weighted by molar-refractivity contribution is -0.117. The molecule has 0 atom stereocenters. The van der Waals surface area contributed by atoms with E-state index in [1.165, 1.54) is 28.7 Å². The summed E-state index contributed by atoms with van der Waals surface area (Å²) in [5, 5.41) is 2.90. The SMILES string of the molecule is Cc1nc(SCC(=O)Nc2cccc(C(C)C)c2)sc1CC(N)=O. The zero-order valence-corrected chi connectivity index (χ0v) is 15.6. The van der Waals surface area contributed by atoms with E-state index in [0.29, 0.717) is 5.92 Å². The second-order valence-corrected chi connectivity index (χ2v) is 8.05. The van der Waals surface area contributed by atoms with E-state index in [2.05, 4.69) is 24.1 Å². The smallest absolute Gasteiger partial charge is 0.234 e. The van der Waals surface area contributed by atoms with Gasteiger partial charge in [-0.15, -0.1) is 11.3 Å². The van der Waals surface area contributed by atoms with Crippen LogP contribution in [-0.4, -0.2) is 22.6 Å². The molecule has 128 valence electrons. The molecule has 0 saturated heterocycles. The summed E-state index contributed by atoms with van der Waals surface area (Å²) in [4.78, 5) is 28.3. The Labute approximate surface area is 150 Å². The van der Waals surface area contributed by atoms with Crippen LogP contribution >= 0.6 is 23.1 Å². The lowest BCUT2D eigenvalue weighted by Gasteiger charge is -2.09. The second-order valence-electron chi connectivity index (χ2n) is 5.75. The van der Waals surface area contributed by atoms with E-state index in [0.717, 1.165) is 20.6 Å². The minimum Gasteiger partial charge on any atom is -0.369 e. The Morgan fingerprint density at radius 1 is 1.38 bits per heavy atom. The van der Waals surface area contributed by atoms with Crippen molar-refractivity contribution in [2.45, 2.75) is 37.4 Å². The highest BCUT2D eigenvalue weighted by Crippen LogP contribution is 2.27. The van der Waals surface area contributed by atoms with Crippen molar-refractivity contribution >= 4 is 40.6 Å². The molecule has 0 spiro atoms. The fourth-order valence-corrected chi connectivity index (χ4v) is 4.13. The number of carbonyl (C=O) groups is 2. The maximum atomic E-state index is 12.1. The number of benzene rings is 1. The molecule has 2 aromatic rings. The van der Waals surface area contributed by atoms with Crippen molar-refractivity contribution in [2.75, 3.05) is 11.1 Å². The van der Waals surface area contributed by atoms with Gasteiger partial charge in [-0.1, -0.05) is 37.7 Å². The third-order valence-corrected chi connectivity index (χ3v) is 5.67. The van der Waals surface area contributed by atoms with Crippen LogP contribution in [0.15, 0.2) is 28.6 Å². The summed E-state index contributed by atoms with van der Waals surface area (Å²) in [6.07, 6.45) is 0.193. The van der Waals surface area contributed by atoms with Crippen LogP contribution in [0.3, 0.4) is 0 Å². The summed E-state index contributed by atoms with van der Waals surface area (Å²) in [5.41, 5.74) is 8.00. The number of nitrogens with one attached hydrogen (secondary N) is 1. The zero-order chi connectivity index (χ0) is 17.7. The fraction of sp³-hybridized carbons (Fsp3) is 0.353. The summed E-state index contributed by atoms with van der Waals surface area (Å²) in [5.74, 6) is 0.235. The first kappa shape index (κ1) is 18.5. The molecule has 1 heterocycles. The number of nitrogens with zero attached hydrogens (tertiary/aromatic N) is 1. The van der Waals surface area contributed by atoms with Gasteiger partial charge in [-0.3, -0.25) is 9.59 Å². The van der Waals surface area contributed by atoms with Crippen molar-refractivity contribution in [3.8, 4) is 0 Å². The first-order valence-electron chi connectivity index (χ1n) is 7.62. The van der Waals surface area contributed by atoms with Gasteiger partial charge in [0.15, 0.2) is 4.34 Å². The van der Waals surface area contributed by atoms with Gasteiger partial charge in [0, 0.05) is 10.6 Å². The van der Waals surface area contributed by atoms with Gasteiger partial charge < -0.3 is 11.1 Å². The van der Waals surface area contributed by atoms with E-state index in [1.54, 1.807) is 0 Å². The summed E-state index contributed by atoms with van der Waals surface area (Å²) in [7, 11) is 0. The zero-order valence-electron chi connectivity index (χ0n) is 14.0. The molecule has 0 aliphatic rings. The number of thioether (sulfide) groups is 1. The van der Waals surface area contributed by atoms with Crippen LogP contribution in [0.5, 0.6) is 0 Å². The molecule has 1 aromatic carbocycles. The standard InChI is InChI=1S/C17H21N3O2S2/c1-10(2)12-5-4-6-13(7-12)20-16(22)9-23-17-19-11(3)14(24-17)8-15(18)21/h4-7,10H,8-9H2,1-3H3,(H2,18,21)(H,20,22). The maximum Gasteiger partial charge on any atom is 0.234 e. The van der Waals surface area contributed by atoms with Crippen LogP contribution in [0.1, 0.15) is 35.9 Å². The van der Waals surface area contributed by atoms with Crippen LogP contribution in [0, 0.1) is 6.92 Å². The Hall–Kier alpha value is -1.86. The number of aromatic nitrogens is 1. The Bertz CT molecular complexity index is 741. The van der Waals surface area contributed by atoms with Gasteiger partial charge in [-0.05, 0) is 30.5 Å². The largest absolute Gasteiger partial charge is 0.369 e. The minimum absolute atomic E-state index is 0.0785. The second kappa shape index (κ2) is 8.30. The average molecular weight is 364 g/mol. The van der Waals surface area contributed by atoms with E-state index >= 15 is 0 Å². The molecule has 2 rings (SSSR count). The number of anilines is 1. The van der Waals surface area contributed by atoms with Gasteiger partial charge in [-0.25, -0.2) is 4.98 Å². The third-order valence-electron chi connectivity index (χ3n) is 3.37. The lowest BCUT2D eigenvalue weighted by Crippen LogP contribution is -2.14. The summed E-state index contributed by atoms with van der Waals surface area (Å²) >= 11 is 2.78. The molecule has 7 heteroatoms.